The van der Waals surface area contributed by atoms with Crippen molar-refractivity contribution in [1.29, 1.82) is 0 Å². The predicted molar refractivity (Wildman–Crippen MR) is 131 cm³/mol. The van der Waals surface area contributed by atoms with Gasteiger partial charge in [0.25, 0.3) is 5.91 Å². The van der Waals surface area contributed by atoms with E-state index in [0.717, 1.165) is 11.6 Å². The third-order valence-corrected chi connectivity index (χ3v) is 6.71. The van der Waals surface area contributed by atoms with E-state index in [1.165, 1.54) is 13.2 Å². The van der Waals surface area contributed by atoms with Crippen LogP contribution in [0.5, 0.6) is 5.75 Å². The van der Waals surface area contributed by atoms with Crippen LogP contribution in [0.15, 0.2) is 42.5 Å². The molecule has 11 heteroatoms. The zero-order valence-corrected chi connectivity index (χ0v) is 20.8. The quantitative estimate of drug-likeness (QED) is 0.497. The van der Waals surface area contributed by atoms with E-state index in [-0.39, 0.29) is 24.7 Å². The highest BCUT2D eigenvalue weighted by Gasteiger charge is 2.45. The molecule has 2 heterocycles. The fraction of sp³-hybridized carbons (Fsp3) is 0.423. The van der Waals surface area contributed by atoms with Crippen molar-refractivity contribution < 1.29 is 32.6 Å². The van der Waals surface area contributed by atoms with E-state index in [2.05, 4.69) is 10.6 Å². The van der Waals surface area contributed by atoms with Gasteiger partial charge in [0.2, 0.25) is 11.7 Å². The lowest BCUT2D eigenvalue weighted by Crippen LogP contribution is -2.53. The molecule has 2 N–H and O–H groups in total. The van der Waals surface area contributed by atoms with Gasteiger partial charge in [0, 0.05) is 44.0 Å². The molecule has 2 atom stereocenters. The molecule has 198 valence electrons. The minimum Gasteiger partial charge on any atom is -0.493 e. The van der Waals surface area contributed by atoms with Gasteiger partial charge in [-0.2, -0.15) is 4.39 Å². The number of ether oxygens (including phenoxy) is 2. The van der Waals surface area contributed by atoms with Crippen LogP contribution >= 0.6 is 0 Å². The van der Waals surface area contributed by atoms with Gasteiger partial charge in [-0.3, -0.25) is 14.9 Å². The number of nitrogens with one attached hydrogen (secondary N) is 2. The first kappa shape index (κ1) is 26.3. The smallest absolute Gasteiger partial charge is 0.322 e. The number of carbonyl (C=O) groups is 3. The van der Waals surface area contributed by atoms with Gasteiger partial charge >= 0.3 is 6.03 Å². The largest absolute Gasteiger partial charge is 0.493 e. The number of amides is 4. The highest BCUT2D eigenvalue weighted by atomic mass is 19.2. The number of rotatable bonds is 9. The van der Waals surface area contributed by atoms with Gasteiger partial charge in [0.15, 0.2) is 11.6 Å². The first-order chi connectivity index (χ1) is 17.7. The number of methoxy groups -OCH3 is 1. The molecule has 37 heavy (non-hydrogen) atoms. The molecule has 4 rings (SSSR count). The zero-order chi connectivity index (χ0) is 26.6. The van der Waals surface area contributed by atoms with Crippen LogP contribution in [0.2, 0.25) is 0 Å². The average Bonchev–Trinajstić information content (AvgIpc) is 3.15. The normalized spacial score (nSPS) is 20.4. The molecule has 9 nitrogen and oxygen atoms in total. The molecule has 0 spiro atoms. The van der Waals surface area contributed by atoms with Crippen molar-refractivity contribution >= 4 is 23.5 Å². The molecule has 2 aliphatic rings. The highest BCUT2D eigenvalue weighted by Crippen LogP contribution is 2.29. The second-order valence-electron chi connectivity index (χ2n) is 9.40. The summed E-state index contributed by atoms with van der Waals surface area (Å²) in [6.07, 6.45) is 0.0682. The summed E-state index contributed by atoms with van der Waals surface area (Å²) in [5, 5.41) is 4.84. The number of hydrogen-bond acceptors (Lipinski definition) is 6. The SMILES string of the molecule is COc1cc(N2CCN(C(=O)[C@@H](COCc3ccccc3)C[C@@]3(C)NC(=O)NC3=O)CC2)cc(F)c1F. The van der Waals surface area contributed by atoms with E-state index >= 15 is 0 Å². The van der Waals surface area contributed by atoms with E-state index in [9.17, 15) is 23.2 Å². The van der Waals surface area contributed by atoms with Gasteiger partial charge < -0.3 is 24.6 Å². The maximum atomic E-state index is 14.0. The molecule has 2 aromatic carbocycles. The molecule has 0 radical (unpaired) electrons. The van der Waals surface area contributed by atoms with Crippen LogP contribution in [0, 0.1) is 17.6 Å². The molecule has 0 bridgehead atoms. The van der Waals surface area contributed by atoms with E-state index in [1.54, 1.807) is 11.8 Å². The lowest BCUT2D eigenvalue weighted by molar-refractivity contribution is -0.139. The summed E-state index contributed by atoms with van der Waals surface area (Å²) in [6, 6.07) is 11.4. The van der Waals surface area contributed by atoms with Crippen LogP contribution in [0.3, 0.4) is 0 Å². The van der Waals surface area contributed by atoms with Crippen molar-refractivity contribution in [3.8, 4) is 5.75 Å². The number of carbonyl (C=O) groups excluding carboxylic acids is 3. The Morgan fingerprint density at radius 1 is 1.11 bits per heavy atom. The summed E-state index contributed by atoms with van der Waals surface area (Å²) in [5.74, 6) is -3.62. The number of benzene rings is 2. The molecular weight excluding hydrogens is 486 g/mol. The van der Waals surface area contributed by atoms with Crippen molar-refractivity contribution in [1.82, 2.24) is 15.5 Å². The summed E-state index contributed by atoms with van der Waals surface area (Å²) in [5.41, 5.74) is 0.170. The van der Waals surface area contributed by atoms with Gasteiger partial charge in [0.1, 0.15) is 5.54 Å². The van der Waals surface area contributed by atoms with Gasteiger partial charge in [-0.05, 0) is 18.9 Å². The number of halogens is 2. The first-order valence-corrected chi connectivity index (χ1v) is 12.0. The summed E-state index contributed by atoms with van der Waals surface area (Å²) in [7, 11) is 1.27. The van der Waals surface area contributed by atoms with E-state index in [1.807, 2.05) is 35.2 Å². The average molecular weight is 517 g/mol. The third kappa shape index (κ3) is 5.99. The topological polar surface area (TPSA) is 100 Å². The van der Waals surface area contributed by atoms with Crippen molar-refractivity contribution in [3.05, 3.63) is 59.7 Å². The van der Waals surface area contributed by atoms with Crippen molar-refractivity contribution in [2.24, 2.45) is 5.92 Å². The fourth-order valence-electron chi connectivity index (χ4n) is 4.65. The van der Waals surface area contributed by atoms with Gasteiger partial charge in [-0.1, -0.05) is 30.3 Å². The number of anilines is 1. The Labute approximate surface area is 213 Å². The highest BCUT2D eigenvalue weighted by molar-refractivity contribution is 6.07. The Morgan fingerprint density at radius 3 is 2.43 bits per heavy atom. The molecule has 0 aliphatic carbocycles. The Kier molecular flexibility index (Phi) is 7.91. The van der Waals surface area contributed by atoms with Crippen LogP contribution < -0.4 is 20.3 Å². The second kappa shape index (κ2) is 11.1. The summed E-state index contributed by atoms with van der Waals surface area (Å²) >= 11 is 0. The van der Waals surface area contributed by atoms with Gasteiger partial charge in [0.05, 0.1) is 26.2 Å². The minimum absolute atomic E-state index is 0.0626. The molecule has 0 saturated carbocycles. The first-order valence-electron chi connectivity index (χ1n) is 12.0. The fourth-order valence-corrected chi connectivity index (χ4v) is 4.65. The van der Waals surface area contributed by atoms with Crippen LogP contribution in [0.25, 0.3) is 0 Å². The molecule has 2 fully saturated rings. The molecule has 0 aromatic heterocycles. The summed E-state index contributed by atoms with van der Waals surface area (Å²) in [6.45, 7) is 3.41. The number of nitrogens with zero attached hydrogens (tertiary/aromatic N) is 2. The summed E-state index contributed by atoms with van der Waals surface area (Å²) in [4.78, 5) is 41.2. The maximum Gasteiger partial charge on any atom is 0.322 e. The predicted octanol–water partition coefficient (Wildman–Crippen LogP) is 2.44. The number of hydrogen-bond donors (Lipinski definition) is 2. The molecule has 2 aromatic rings. The van der Waals surface area contributed by atoms with E-state index in [4.69, 9.17) is 9.47 Å². The molecule has 0 unspecified atom stereocenters. The standard InChI is InChI=1S/C26H30F2N4O5/c1-26(24(34)29-25(35)30-26)14-18(16-37-15-17-6-4-3-5-7-17)23(33)32-10-8-31(9-11-32)19-12-20(27)22(28)21(13-19)36-2/h3-7,12-13,18H,8-11,14-16H2,1-2H3,(H2,29,30,34,35)/t18-,26-/m1/s1. The van der Waals surface area contributed by atoms with Crippen molar-refractivity contribution in [2.45, 2.75) is 25.5 Å². The Balaban J connectivity index is 1.43. The van der Waals surface area contributed by atoms with Crippen LogP contribution in [-0.4, -0.2) is 68.2 Å². The van der Waals surface area contributed by atoms with E-state index < -0.39 is 35.0 Å². The molecular formula is C26H30F2N4O5. The molecule has 2 aliphatic heterocycles. The monoisotopic (exact) mass is 516 g/mol. The van der Waals surface area contributed by atoms with Crippen LogP contribution in [0.4, 0.5) is 19.3 Å². The summed E-state index contributed by atoms with van der Waals surface area (Å²) < 4.78 is 38.6. The number of imide groups is 1. The van der Waals surface area contributed by atoms with E-state index in [0.29, 0.717) is 38.5 Å². The third-order valence-electron chi connectivity index (χ3n) is 6.71. The molecule has 2 saturated heterocycles. The molecule has 4 amide bonds. The van der Waals surface area contributed by atoms with Crippen molar-refractivity contribution in [3.63, 3.8) is 0 Å². The van der Waals surface area contributed by atoms with Crippen LogP contribution in [0.1, 0.15) is 18.9 Å². The minimum atomic E-state index is -1.24. The van der Waals surface area contributed by atoms with Crippen molar-refractivity contribution in [2.75, 3.05) is 44.8 Å². The second-order valence-corrected chi connectivity index (χ2v) is 9.40. The Morgan fingerprint density at radius 2 is 1.81 bits per heavy atom. The lowest BCUT2D eigenvalue weighted by atomic mass is 9.88. The van der Waals surface area contributed by atoms with Gasteiger partial charge in [-0.15, -0.1) is 0 Å². The maximum absolute atomic E-state index is 14.0. The van der Waals surface area contributed by atoms with Gasteiger partial charge in [-0.25, -0.2) is 9.18 Å². The lowest BCUT2D eigenvalue weighted by Gasteiger charge is -2.38. The Hall–Kier alpha value is -3.73. The number of piperazine rings is 1. The van der Waals surface area contributed by atoms with Crippen LogP contribution in [-0.2, 0) is 20.9 Å². The number of urea groups is 1. The zero-order valence-electron chi connectivity index (χ0n) is 20.8. The Bertz CT molecular complexity index is 1160.